The molecule has 0 saturated carbocycles. The zero-order chi connectivity index (χ0) is 26.1. The first-order valence-corrected chi connectivity index (χ1v) is 12.4. The molecule has 2 aliphatic rings. The molecule has 5 rings (SSSR count). The standard InChI is InChI=1S/C27H26ClN5O4/c1-16(34)18-2-6-22(7-3-18)30-27(37)32-13-17-12-19(15-32)24-11-10-23(25(35)33(24)14-17)31-26(36)29-21-8-4-20(28)5-9-21/h2-11,17,19H,12-15H2,1H3,(H,30,37)(H2,29,31,36). The molecule has 3 aromatic rings. The summed E-state index contributed by atoms with van der Waals surface area (Å²) in [6, 6.07) is 16.2. The van der Waals surface area contributed by atoms with Crippen molar-refractivity contribution in [3.05, 3.63) is 87.3 Å². The van der Waals surface area contributed by atoms with Gasteiger partial charge in [-0.3, -0.25) is 9.59 Å². The molecule has 4 amide bonds. The molecule has 190 valence electrons. The molecule has 2 bridgehead atoms. The Bertz CT molecular complexity index is 1420. The third-order valence-corrected chi connectivity index (χ3v) is 7.04. The van der Waals surface area contributed by atoms with Gasteiger partial charge in [0.05, 0.1) is 0 Å². The summed E-state index contributed by atoms with van der Waals surface area (Å²) in [6.45, 7) is 2.97. The van der Waals surface area contributed by atoms with Crippen molar-refractivity contribution in [2.45, 2.75) is 25.8 Å². The number of likely N-dealkylation sites (tertiary alicyclic amines) is 1. The molecular weight excluding hydrogens is 494 g/mol. The van der Waals surface area contributed by atoms with E-state index in [0.717, 1.165) is 12.1 Å². The van der Waals surface area contributed by atoms with E-state index in [1.54, 1.807) is 64.1 Å². The van der Waals surface area contributed by atoms with E-state index < -0.39 is 6.03 Å². The van der Waals surface area contributed by atoms with E-state index in [9.17, 15) is 19.2 Å². The fraction of sp³-hybridized carbons (Fsp3) is 0.259. The lowest BCUT2D eigenvalue weighted by Crippen LogP contribution is -2.50. The number of nitrogens with zero attached hydrogens (tertiary/aromatic N) is 2. The quantitative estimate of drug-likeness (QED) is 0.421. The van der Waals surface area contributed by atoms with Crippen molar-refractivity contribution in [1.82, 2.24) is 9.47 Å². The zero-order valence-electron chi connectivity index (χ0n) is 20.2. The number of halogens is 1. The molecule has 0 radical (unpaired) electrons. The molecule has 2 unspecified atom stereocenters. The number of urea groups is 2. The minimum atomic E-state index is -0.518. The number of nitrogens with one attached hydrogen (secondary N) is 3. The SMILES string of the molecule is CC(=O)c1ccc(NC(=O)N2CC3CC(C2)c2ccc(NC(=O)Nc4ccc(Cl)cc4)c(=O)n2C3)cc1. The molecule has 3 heterocycles. The van der Waals surface area contributed by atoms with Crippen molar-refractivity contribution in [2.24, 2.45) is 5.92 Å². The van der Waals surface area contributed by atoms with Crippen molar-refractivity contribution in [1.29, 1.82) is 0 Å². The number of amides is 4. The Morgan fingerprint density at radius 1 is 0.838 bits per heavy atom. The predicted octanol–water partition coefficient (Wildman–Crippen LogP) is 5.00. The highest BCUT2D eigenvalue weighted by Gasteiger charge is 2.36. The molecule has 0 aliphatic carbocycles. The maximum atomic E-state index is 13.2. The van der Waals surface area contributed by atoms with E-state index in [4.69, 9.17) is 11.6 Å². The topological polar surface area (TPSA) is 113 Å². The van der Waals surface area contributed by atoms with Gasteiger partial charge < -0.3 is 25.4 Å². The number of aromatic nitrogens is 1. The highest BCUT2D eigenvalue weighted by atomic mass is 35.5. The molecule has 2 atom stereocenters. The zero-order valence-corrected chi connectivity index (χ0v) is 20.9. The van der Waals surface area contributed by atoms with Gasteiger partial charge in [0.15, 0.2) is 5.78 Å². The number of Topliss-reactive ketones (excluding diaryl/α,β-unsaturated/α-hetero) is 1. The first-order valence-electron chi connectivity index (χ1n) is 12.0. The van der Waals surface area contributed by atoms with Crippen LogP contribution in [0, 0.1) is 5.92 Å². The average Bonchev–Trinajstić information content (AvgIpc) is 2.87. The van der Waals surface area contributed by atoms with E-state index >= 15 is 0 Å². The Hall–Kier alpha value is -4.11. The monoisotopic (exact) mass is 519 g/mol. The van der Waals surface area contributed by atoms with Crippen molar-refractivity contribution in [3.63, 3.8) is 0 Å². The Morgan fingerprint density at radius 2 is 1.51 bits per heavy atom. The number of carbonyl (C=O) groups is 3. The number of benzene rings is 2. The average molecular weight is 520 g/mol. The number of anilines is 3. The summed E-state index contributed by atoms with van der Waals surface area (Å²) in [7, 11) is 0. The summed E-state index contributed by atoms with van der Waals surface area (Å²) in [5, 5.41) is 8.79. The van der Waals surface area contributed by atoms with Gasteiger partial charge in [0.25, 0.3) is 5.56 Å². The Morgan fingerprint density at radius 3 is 2.22 bits per heavy atom. The molecule has 1 fully saturated rings. The summed E-state index contributed by atoms with van der Waals surface area (Å²) in [6.07, 6.45) is 0.889. The maximum absolute atomic E-state index is 13.2. The van der Waals surface area contributed by atoms with Crippen LogP contribution in [0.1, 0.15) is 35.3 Å². The second-order valence-corrected chi connectivity index (χ2v) is 9.88. The van der Waals surface area contributed by atoms with Crippen LogP contribution >= 0.6 is 11.6 Å². The van der Waals surface area contributed by atoms with Gasteiger partial charge >= 0.3 is 12.1 Å². The van der Waals surface area contributed by atoms with Gasteiger partial charge in [-0.05, 0) is 79.9 Å². The smallest absolute Gasteiger partial charge is 0.323 e. The van der Waals surface area contributed by atoms with Gasteiger partial charge in [0, 0.05) is 53.2 Å². The van der Waals surface area contributed by atoms with E-state index in [-0.39, 0.29) is 34.9 Å². The molecular formula is C27H26ClN5O4. The summed E-state index contributed by atoms with van der Waals surface area (Å²) >= 11 is 5.88. The van der Waals surface area contributed by atoms with Gasteiger partial charge in [0.2, 0.25) is 0 Å². The van der Waals surface area contributed by atoms with Crippen LogP contribution in [0.25, 0.3) is 0 Å². The van der Waals surface area contributed by atoms with E-state index in [2.05, 4.69) is 16.0 Å². The fourth-order valence-electron chi connectivity index (χ4n) is 5.02. The normalized spacial score (nSPS) is 17.9. The van der Waals surface area contributed by atoms with E-state index in [1.807, 2.05) is 6.07 Å². The highest BCUT2D eigenvalue weighted by Crippen LogP contribution is 2.35. The van der Waals surface area contributed by atoms with Crippen LogP contribution in [0.3, 0.4) is 0 Å². The summed E-state index contributed by atoms with van der Waals surface area (Å²) in [5.41, 5.74) is 2.55. The molecule has 37 heavy (non-hydrogen) atoms. The van der Waals surface area contributed by atoms with Crippen molar-refractivity contribution in [3.8, 4) is 0 Å². The summed E-state index contributed by atoms with van der Waals surface area (Å²) < 4.78 is 1.71. The Balaban J connectivity index is 1.26. The Kier molecular flexibility index (Phi) is 6.71. The maximum Gasteiger partial charge on any atom is 0.323 e. The van der Waals surface area contributed by atoms with Crippen molar-refractivity contribution < 1.29 is 14.4 Å². The molecule has 10 heteroatoms. The van der Waals surface area contributed by atoms with Crippen molar-refractivity contribution >= 4 is 46.5 Å². The lowest BCUT2D eigenvalue weighted by Gasteiger charge is -2.42. The molecule has 2 aromatic carbocycles. The second-order valence-electron chi connectivity index (χ2n) is 9.44. The molecule has 1 saturated heterocycles. The Labute approximate surface area is 218 Å². The minimum Gasteiger partial charge on any atom is -0.324 e. The third kappa shape index (κ3) is 5.36. The van der Waals surface area contributed by atoms with Crippen molar-refractivity contribution in [2.75, 3.05) is 29.0 Å². The molecule has 3 N–H and O–H groups in total. The predicted molar refractivity (Wildman–Crippen MR) is 143 cm³/mol. The first kappa shape index (κ1) is 24.6. The highest BCUT2D eigenvalue weighted by molar-refractivity contribution is 6.30. The van der Waals surface area contributed by atoms with Crippen LogP contribution in [0.4, 0.5) is 26.7 Å². The van der Waals surface area contributed by atoms with Crippen LogP contribution in [0.2, 0.25) is 5.02 Å². The number of hydrogen-bond donors (Lipinski definition) is 3. The van der Waals surface area contributed by atoms with Crippen LogP contribution in [-0.4, -0.2) is 40.4 Å². The minimum absolute atomic E-state index is 0.0167. The van der Waals surface area contributed by atoms with Gasteiger partial charge in [-0.15, -0.1) is 0 Å². The number of piperidine rings is 1. The molecule has 1 aromatic heterocycles. The van der Waals surface area contributed by atoms with Gasteiger partial charge in [0.1, 0.15) is 5.69 Å². The first-order chi connectivity index (χ1) is 17.8. The fourth-order valence-corrected chi connectivity index (χ4v) is 5.14. The lowest BCUT2D eigenvalue weighted by atomic mass is 9.83. The molecule has 2 aliphatic heterocycles. The van der Waals surface area contributed by atoms with Gasteiger partial charge in [-0.2, -0.15) is 0 Å². The number of hydrogen-bond acceptors (Lipinski definition) is 4. The molecule has 9 nitrogen and oxygen atoms in total. The number of fused-ring (bicyclic) bond motifs is 4. The van der Waals surface area contributed by atoms with Gasteiger partial charge in [-0.25, -0.2) is 9.59 Å². The van der Waals surface area contributed by atoms with E-state index in [0.29, 0.717) is 41.6 Å². The van der Waals surface area contributed by atoms with Crippen LogP contribution < -0.4 is 21.5 Å². The summed E-state index contributed by atoms with van der Waals surface area (Å²) in [4.78, 5) is 51.8. The number of ketones is 1. The summed E-state index contributed by atoms with van der Waals surface area (Å²) in [5.74, 6) is 0.104. The van der Waals surface area contributed by atoms with Crippen LogP contribution in [0.5, 0.6) is 0 Å². The van der Waals surface area contributed by atoms with Crippen LogP contribution in [-0.2, 0) is 6.54 Å². The second kappa shape index (κ2) is 10.1. The van der Waals surface area contributed by atoms with E-state index in [1.165, 1.54) is 6.92 Å². The van der Waals surface area contributed by atoms with Crippen LogP contribution in [0.15, 0.2) is 65.5 Å². The lowest BCUT2D eigenvalue weighted by molar-refractivity contribution is 0.101. The third-order valence-electron chi connectivity index (χ3n) is 6.78. The molecule has 0 spiro atoms. The number of pyridine rings is 1. The number of rotatable bonds is 4. The number of carbonyl (C=O) groups excluding carboxylic acids is 3. The largest absolute Gasteiger partial charge is 0.324 e. The van der Waals surface area contributed by atoms with Gasteiger partial charge in [-0.1, -0.05) is 11.6 Å².